The van der Waals surface area contributed by atoms with Crippen LogP contribution in [0.2, 0.25) is 0 Å². The second kappa shape index (κ2) is 4.85. The van der Waals surface area contributed by atoms with Crippen LogP contribution in [-0.4, -0.2) is 24.1 Å². The van der Waals surface area contributed by atoms with E-state index in [1.807, 2.05) is 5.43 Å². The van der Waals surface area contributed by atoms with Gasteiger partial charge in [0.15, 0.2) is 0 Å². The highest BCUT2D eigenvalue weighted by atomic mass is 16.5. The summed E-state index contributed by atoms with van der Waals surface area (Å²) in [5, 5.41) is 8.30. The summed E-state index contributed by atoms with van der Waals surface area (Å²) in [6, 6.07) is 6.79. The number of anilines is 1. The number of amides is 1. The second-order valence-electron chi connectivity index (χ2n) is 2.58. The van der Waals surface area contributed by atoms with Gasteiger partial charge >= 0.3 is 11.9 Å². The first-order chi connectivity index (χ1) is 7.15. The van der Waals surface area contributed by atoms with Crippen LogP contribution in [0.4, 0.5) is 5.69 Å². The summed E-state index contributed by atoms with van der Waals surface area (Å²) in [5.74, 6) is -2.19. The van der Waals surface area contributed by atoms with E-state index in [9.17, 15) is 9.59 Å². The molecule has 0 saturated heterocycles. The summed E-state index contributed by atoms with van der Waals surface area (Å²) < 4.78 is 4.98. The first kappa shape index (κ1) is 10.8. The number of hydrogen-bond donors (Lipinski definition) is 3. The van der Waals surface area contributed by atoms with E-state index in [1.54, 1.807) is 24.3 Å². The van der Waals surface area contributed by atoms with Gasteiger partial charge in [-0.3, -0.25) is 15.6 Å². The summed E-state index contributed by atoms with van der Waals surface area (Å²) in [5.41, 5.74) is 4.93. The highest BCUT2D eigenvalue weighted by molar-refractivity contribution is 6.31. The number of hydrogen-bond acceptors (Lipinski definition) is 4. The maximum atomic E-state index is 10.7. The van der Waals surface area contributed by atoms with Crippen molar-refractivity contribution >= 4 is 17.6 Å². The van der Waals surface area contributed by atoms with Crippen molar-refractivity contribution in [3.63, 3.8) is 0 Å². The van der Waals surface area contributed by atoms with Crippen molar-refractivity contribution in [1.29, 1.82) is 0 Å². The minimum Gasteiger partial charge on any atom is -0.495 e. The molecule has 0 aliphatic rings. The first-order valence-electron chi connectivity index (χ1n) is 4.07. The highest BCUT2D eigenvalue weighted by Crippen LogP contribution is 2.21. The molecule has 0 aromatic heterocycles. The summed E-state index contributed by atoms with van der Waals surface area (Å²) in [6.45, 7) is 0. The number of ether oxygens (including phenoxy) is 1. The molecule has 0 spiro atoms. The number of methoxy groups -OCH3 is 1. The lowest BCUT2D eigenvalue weighted by Crippen LogP contribution is -2.35. The van der Waals surface area contributed by atoms with E-state index in [1.165, 1.54) is 7.11 Å². The normalized spacial score (nSPS) is 9.13. The fourth-order valence-corrected chi connectivity index (χ4v) is 0.925. The van der Waals surface area contributed by atoms with Gasteiger partial charge in [0.1, 0.15) is 5.75 Å². The predicted molar refractivity (Wildman–Crippen MR) is 52.4 cm³/mol. The molecule has 0 bridgehead atoms. The lowest BCUT2D eigenvalue weighted by molar-refractivity contribution is -0.149. The third-order valence-corrected chi connectivity index (χ3v) is 1.61. The van der Waals surface area contributed by atoms with Gasteiger partial charge in [0.25, 0.3) is 0 Å². The number of hydrazine groups is 1. The Balaban J connectivity index is 2.65. The quantitative estimate of drug-likeness (QED) is 0.490. The molecule has 0 unspecified atom stereocenters. The zero-order valence-electron chi connectivity index (χ0n) is 7.98. The van der Waals surface area contributed by atoms with Gasteiger partial charge in [-0.15, -0.1) is 0 Å². The largest absolute Gasteiger partial charge is 0.495 e. The van der Waals surface area contributed by atoms with Gasteiger partial charge in [-0.2, -0.15) is 0 Å². The average molecular weight is 210 g/mol. The Bertz CT molecular complexity index is 378. The topological polar surface area (TPSA) is 87.7 Å². The van der Waals surface area contributed by atoms with E-state index < -0.39 is 11.9 Å². The van der Waals surface area contributed by atoms with Gasteiger partial charge in [-0.1, -0.05) is 12.1 Å². The fourth-order valence-electron chi connectivity index (χ4n) is 0.925. The van der Waals surface area contributed by atoms with E-state index in [2.05, 4.69) is 5.43 Å². The van der Waals surface area contributed by atoms with E-state index >= 15 is 0 Å². The number of para-hydroxylation sites is 2. The van der Waals surface area contributed by atoms with Crippen LogP contribution in [0.15, 0.2) is 24.3 Å². The number of carboxylic acid groups (broad SMARTS) is 1. The molecule has 1 amide bonds. The summed E-state index contributed by atoms with van der Waals surface area (Å²) in [4.78, 5) is 20.9. The van der Waals surface area contributed by atoms with E-state index in [4.69, 9.17) is 9.84 Å². The zero-order chi connectivity index (χ0) is 11.3. The van der Waals surface area contributed by atoms with Crippen LogP contribution < -0.4 is 15.6 Å². The molecule has 1 aromatic rings. The van der Waals surface area contributed by atoms with Crippen LogP contribution in [0.5, 0.6) is 5.75 Å². The molecule has 0 saturated carbocycles. The third-order valence-electron chi connectivity index (χ3n) is 1.61. The van der Waals surface area contributed by atoms with Crippen LogP contribution in [-0.2, 0) is 9.59 Å². The number of nitrogens with one attached hydrogen (secondary N) is 2. The van der Waals surface area contributed by atoms with E-state index in [-0.39, 0.29) is 0 Å². The maximum absolute atomic E-state index is 10.7. The van der Waals surface area contributed by atoms with Crippen molar-refractivity contribution in [2.45, 2.75) is 0 Å². The Morgan fingerprint density at radius 3 is 2.60 bits per heavy atom. The van der Waals surface area contributed by atoms with Gasteiger partial charge < -0.3 is 9.84 Å². The van der Waals surface area contributed by atoms with Crippen LogP contribution in [0.25, 0.3) is 0 Å². The van der Waals surface area contributed by atoms with Crippen molar-refractivity contribution in [1.82, 2.24) is 5.43 Å². The van der Waals surface area contributed by atoms with E-state index in [0.717, 1.165) is 0 Å². The molecule has 0 atom stereocenters. The van der Waals surface area contributed by atoms with Gasteiger partial charge in [-0.25, -0.2) is 4.79 Å². The molecule has 0 fully saturated rings. The van der Waals surface area contributed by atoms with Crippen molar-refractivity contribution in [3.8, 4) is 5.75 Å². The lowest BCUT2D eigenvalue weighted by Gasteiger charge is -2.10. The number of benzene rings is 1. The molecule has 15 heavy (non-hydrogen) atoms. The van der Waals surface area contributed by atoms with Crippen molar-refractivity contribution in [2.75, 3.05) is 12.5 Å². The summed E-state index contributed by atoms with van der Waals surface area (Å²) in [6.07, 6.45) is 0. The summed E-state index contributed by atoms with van der Waals surface area (Å²) >= 11 is 0. The molecule has 0 radical (unpaired) electrons. The van der Waals surface area contributed by atoms with Crippen LogP contribution in [0.3, 0.4) is 0 Å². The van der Waals surface area contributed by atoms with Crippen LogP contribution >= 0.6 is 0 Å². The van der Waals surface area contributed by atoms with Gasteiger partial charge in [0.2, 0.25) is 0 Å². The monoisotopic (exact) mass is 210 g/mol. The van der Waals surface area contributed by atoms with Gasteiger partial charge in [0, 0.05) is 0 Å². The molecule has 80 valence electrons. The standard InChI is InChI=1S/C9H10N2O4/c1-15-7-5-3-2-4-6(7)10-11-8(12)9(13)14/h2-5,10H,1H3,(H,11,12)(H,13,14). The minimum atomic E-state index is -1.56. The number of carboxylic acids is 1. The van der Waals surface area contributed by atoms with Crippen LogP contribution in [0.1, 0.15) is 0 Å². The number of carbonyl (C=O) groups is 2. The van der Waals surface area contributed by atoms with E-state index in [0.29, 0.717) is 11.4 Å². The molecule has 1 rings (SSSR count). The molecule has 0 aliphatic carbocycles. The molecular weight excluding hydrogens is 200 g/mol. The van der Waals surface area contributed by atoms with Crippen LogP contribution in [0, 0.1) is 0 Å². The fraction of sp³-hybridized carbons (Fsp3) is 0.111. The van der Waals surface area contributed by atoms with Gasteiger partial charge in [0.05, 0.1) is 12.8 Å². The molecule has 0 heterocycles. The lowest BCUT2D eigenvalue weighted by atomic mass is 10.3. The number of carbonyl (C=O) groups excluding carboxylic acids is 1. The Labute approximate surface area is 85.8 Å². The maximum Gasteiger partial charge on any atom is 0.396 e. The molecular formula is C9H10N2O4. The Morgan fingerprint density at radius 2 is 2.00 bits per heavy atom. The SMILES string of the molecule is COc1ccccc1NNC(=O)C(=O)O. The summed E-state index contributed by atoms with van der Waals surface area (Å²) in [7, 11) is 1.47. The Kier molecular flexibility index (Phi) is 3.50. The minimum absolute atomic E-state index is 0.481. The third kappa shape index (κ3) is 2.87. The molecule has 6 heteroatoms. The Hall–Kier alpha value is -2.24. The van der Waals surface area contributed by atoms with Gasteiger partial charge in [-0.05, 0) is 12.1 Å². The first-order valence-corrected chi connectivity index (χ1v) is 4.07. The van der Waals surface area contributed by atoms with Crippen molar-refractivity contribution in [2.24, 2.45) is 0 Å². The number of aliphatic carboxylic acids is 1. The van der Waals surface area contributed by atoms with Crippen molar-refractivity contribution < 1.29 is 19.4 Å². The molecule has 6 nitrogen and oxygen atoms in total. The predicted octanol–water partition coefficient (Wildman–Crippen LogP) is 0.223. The smallest absolute Gasteiger partial charge is 0.396 e. The molecule has 1 aromatic carbocycles. The average Bonchev–Trinajstić information content (AvgIpc) is 2.26. The zero-order valence-corrected chi connectivity index (χ0v) is 7.98. The Morgan fingerprint density at radius 1 is 1.33 bits per heavy atom. The second-order valence-corrected chi connectivity index (χ2v) is 2.58. The molecule has 3 N–H and O–H groups in total. The number of rotatable bonds is 3. The molecule has 0 aliphatic heterocycles. The highest BCUT2D eigenvalue weighted by Gasteiger charge is 2.10. The van der Waals surface area contributed by atoms with Crippen molar-refractivity contribution in [3.05, 3.63) is 24.3 Å².